The standard InChI is InChI=1S/C7H7IN2O4S2/c1-16(12,13)7(2-3-7)6-9-4(15-10-6)5(11)14-8/h2-3H2,1H3. The van der Waals surface area contributed by atoms with Crippen molar-refractivity contribution in [2.75, 3.05) is 6.26 Å². The van der Waals surface area contributed by atoms with Gasteiger partial charge in [-0.05, 0) is 24.4 Å². The molecule has 1 saturated carbocycles. The van der Waals surface area contributed by atoms with E-state index in [2.05, 4.69) is 12.4 Å². The molecule has 2 rings (SSSR count). The summed E-state index contributed by atoms with van der Waals surface area (Å²) in [5.74, 6) is -0.384. The van der Waals surface area contributed by atoms with Crippen molar-refractivity contribution in [3.8, 4) is 0 Å². The third kappa shape index (κ3) is 1.84. The van der Waals surface area contributed by atoms with Gasteiger partial charge in [0.15, 0.2) is 38.7 Å². The quantitative estimate of drug-likeness (QED) is 0.736. The van der Waals surface area contributed by atoms with Crippen LogP contribution in [0.1, 0.15) is 28.5 Å². The Hall–Kier alpha value is -0.290. The first-order valence-corrected chi connectivity index (χ1v) is 7.82. The summed E-state index contributed by atoms with van der Waals surface area (Å²) < 4.78 is 30.6. The average molecular weight is 374 g/mol. The fourth-order valence-corrected chi connectivity index (χ4v) is 3.71. The van der Waals surface area contributed by atoms with Gasteiger partial charge in [0.25, 0.3) is 0 Å². The monoisotopic (exact) mass is 374 g/mol. The van der Waals surface area contributed by atoms with Crippen molar-refractivity contribution in [3.63, 3.8) is 0 Å². The maximum atomic E-state index is 11.6. The lowest BCUT2D eigenvalue weighted by Crippen LogP contribution is -2.21. The molecule has 16 heavy (non-hydrogen) atoms. The van der Waals surface area contributed by atoms with Crippen molar-refractivity contribution < 1.29 is 16.3 Å². The molecule has 0 atom stereocenters. The third-order valence-electron chi connectivity index (χ3n) is 2.49. The molecule has 88 valence electrons. The number of rotatable bonds is 3. The molecule has 1 aliphatic rings. The highest BCUT2D eigenvalue weighted by Gasteiger charge is 2.57. The van der Waals surface area contributed by atoms with E-state index in [4.69, 9.17) is 0 Å². The molecule has 0 amide bonds. The molecule has 0 bridgehead atoms. The molecule has 1 aromatic heterocycles. The Bertz CT molecular complexity index is 534. The molecule has 0 aromatic carbocycles. The third-order valence-corrected chi connectivity index (χ3v) is 5.60. The van der Waals surface area contributed by atoms with Crippen molar-refractivity contribution in [1.29, 1.82) is 0 Å². The Labute approximate surface area is 110 Å². The van der Waals surface area contributed by atoms with Crippen LogP contribution in [0.3, 0.4) is 0 Å². The molecule has 0 saturated heterocycles. The maximum absolute atomic E-state index is 11.6. The summed E-state index contributed by atoms with van der Waals surface area (Å²) in [5.41, 5.74) is 0. The van der Waals surface area contributed by atoms with E-state index in [9.17, 15) is 13.2 Å². The van der Waals surface area contributed by atoms with Gasteiger partial charge >= 0.3 is 5.97 Å². The predicted molar refractivity (Wildman–Crippen MR) is 65.1 cm³/mol. The Kier molecular flexibility index (Phi) is 2.95. The van der Waals surface area contributed by atoms with Gasteiger partial charge in [-0.15, -0.1) is 0 Å². The number of carbonyl (C=O) groups excluding carboxylic acids is 1. The van der Waals surface area contributed by atoms with Crippen molar-refractivity contribution in [2.24, 2.45) is 0 Å². The van der Waals surface area contributed by atoms with Crippen molar-refractivity contribution >= 4 is 50.3 Å². The van der Waals surface area contributed by atoms with E-state index in [1.807, 2.05) is 0 Å². The topological polar surface area (TPSA) is 86.2 Å². The zero-order valence-electron chi connectivity index (χ0n) is 8.14. The molecule has 1 aliphatic carbocycles. The predicted octanol–water partition coefficient (Wildman–Crippen LogP) is 1.08. The van der Waals surface area contributed by atoms with Crippen LogP contribution in [0.25, 0.3) is 0 Å². The number of hydrogen-bond acceptors (Lipinski definition) is 7. The maximum Gasteiger partial charge on any atom is 0.378 e. The van der Waals surface area contributed by atoms with Gasteiger partial charge in [-0.1, -0.05) is 0 Å². The van der Waals surface area contributed by atoms with Gasteiger partial charge in [-0.3, -0.25) is 0 Å². The molecule has 0 aliphatic heterocycles. The highest BCUT2D eigenvalue weighted by Crippen LogP contribution is 2.51. The highest BCUT2D eigenvalue weighted by atomic mass is 127. The van der Waals surface area contributed by atoms with E-state index in [0.717, 1.165) is 17.8 Å². The van der Waals surface area contributed by atoms with Crippen LogP contribution in [0.4, 0.5) is 0 Å². The number of aromatic nitrogens is 2. The summed E-state index contributed by atoms with van der Waals surface area (Å²) in [6, 6.07) is 0. The van der Waals surface area contributed by atoms with Gasteiger partial charge in [0.1, 0.15) is 4.75 Å². The number of halogens is 1. The van der Waals surface area contributed by atoms with Gasteiger partial charge in [-0.25, -0.2) is 18.2 Å². The summed E-state index contributed by atoms with van der Waals surface area (Å²) in [6.07, 6.45) is 2.19. The second-order valence-corrected chi connectivity index (χ2v) is 7.07. The Balaban J connectivity index is 2.37. The highest BCUT2D eigenvalue weighted by molar-refractivity contribution is 14.1. The first kappa shape index (κ1) is 12.2. The average Bonchev–Trinajstić information content (AvgIpc) is 2.90. The van der Waals surface area contributed by atoms with E-state index >= 15 is 0 Å². The van der Waals surface area contributed by atoms with E-state index < -0.39 is 20.6 Å². The van der Waals surface area contributed by atoms with Gasteiger partial charge in [0, 0.05) is 6.26 Å². The molecule has 1 heterocycles. The fraction of sp³-hybridized carbons (Fsp3) is 0.571. The first-order valence-electron chi connectivity index (χ1n) is 4.27. The van der Waals surface area contributed by atoms with Crippen LogP contribution < -0.4 is 0 Å². The van der Waals surface area contributed by atoms with Crippen LogP contribution in [0.15, 0.2) is 0 Å². The van der Waals surface area contributed by atoms with E-state index in [-0.39, 0.29) is 10.8 Å². The SMILES string of the molecule is CS(=O)(=O)C1(c2nsc(C(=O)OI)n2)CC1. The molecule has 6 nitrogen and oxygen atoms in total. The van der Waals surface area contributed by atoms with Gasteiger partial charge in [-0.2, -0.15) is 4.37 Å². The fourth-order valence-electron chi connectivity index (χ4n) is 1.40. The zero-order valence-corrected chi connectivity index (χ0v) is 11.9. The molecule has 1 aromatic rings. The minimum atomic E-state index is -3.24. The minimum absolute atomic E-state index is 0.0827. The van der Waals surface area contributed by atoms with Crippen molar-refractivity contribution in [1.82, 2.24) is 9.36 Å². The normalized spacial score (nSPS) is 18.1. The lowest BCUT2D eigenvalue weighted by atomic mass is 10.4. The van der Waals surface area contributed by atoms with Gasteiger partial charge in [0.2, 0.25) is 5.01 Å². The van der Waals surface area contributed by atoms with Crippen LogP contribution in [-0.2, 0) is 17.7 Å². The van der Waals surface area contributed by atoms with Crippen LogP contribution in [0.2, 0.25) is 0 Å². The van der Waals surface area contributed by atoms with E-state index in [1.54, 1.807) is 0 Å². The van der Waals surface area contributed by atoms with E-state index in [0.29, 0.717) is 12.8 Å². The lowest BCUT2D eigenvalue weighted by Gasteiger charge is -2.07. The molecule has 9 heteroatoms. The number of sulfone groups is 1. The molecule has 0 unspecified atom stereocenters. The van der Waals surface area contributed by atoms with Gasteiger partial charge < -0.3 is 3.07 Å². The van der Waals surface area contributed by atoms with Gasteiger partial charge in [0.05, 0.1) is 0 Å². The number of nitrogens with zero attached hydrogens (tertiary/aromatic N) is 2. The van der Waals surface area contributed by atoms with Crippen LogP contribution >= 0.6 is 34.5 Å². The molecular weight excluding hydrogens is 367 g/mol. The Morgan fingerprint density at radius 3 is 2.62 bits per heavy atom. The Morgan fingerprint density at radius 1 is 1.56 bits per heavy atom. The Morgan fingerprint density at radius 2 is 2.19 bits per heavy atom. The van der Waals surface area contributed by atoms with E-state index in [1.165, 1.54) is 23.0 Å². The minimum Gasteiger partial charge on any atom is -0.389 e. The van der Waals surface area contributed by atoms with Crippen molar-refractivity contribution in [3.05, 3.63) is 10.8 Å². The summed E-state index contributed by atoms with van der Waals surface area (Å²) in [6.45, 7) is 0. The zero-order chi connectivity index (χ0) is 12.0. The van der Waals surface area contributed by atoms with Crippen molar-refractivity contribution in [2.45, 2.75) is 17.6 Å². The summed E-state index contributed by atoms with van der Waals surface area (Å²) in [7, 11) is -3.24. The number of carbonyl (C=O) groups is 1. The molecule has 1 fully saturated rings. The molecule has 0 spiro atoms. The molecular formula is C7H7IN2O4S2. The summed E-state index contributed by atoms with van der Waals surface area (Å²) >= 11 is 2.31. The molecule has 0 radical (unpaired) electrons. The van der Waals surface area contributed by atoms with Crippen LogP contribution in [0, 0.1) is 0 Å². The summed E-state index contributed by atoms with van der Waals surface area (Å²) in [5, 5.41) is 0.0827. The van der Waals surface area contributed by atoms with Crippen LogP contribution in [-0.4, -0.2) is 30.0 Å². The molecule has 0 N–H and O–H groups in total. The summed E-state index contributed by atoms with van der Waals surface area (Å²) in [4.78, 5) is 15.1. The first-order chi connectivity index (χ1) is 7.40. The largest absolute Gasteiger partial charge is 0.389 e. The number of hydrogen-bond donors (Lipinski definition) is 0. The van der Waals surface area contributed by atoms with Crippen LogP contribution in [0.5, 0.6) is 0 Å². The lowest BCUT2D eigenvalue weighted by molar-refractivity contribution is 0.0799. The second-order valence-electron chi connectivity index (χ2n) is 3.55. The second kappa shape index (κ2) is 3.88. The smallest absolute Gasteiger partial charge is 0.378 e.